The molecule has 0 aliphatic carbocycles. The minimum absolute atomic E-state index is 0.0221. The van der Waals surface area contributed by atoms with Gasteiger partial charge < -0.3 is 11.1 Å². The maximum atomic E-state index is 12.4. The van der Waals surface area contributed by atoms with Crippen LogP contribution in [0.2, 0.25) is 10.0 Å². The highest BCUT2D eigenvalue weighted by Crippen LogP contribution is 2.30. The molecule has 2 rings (SSSR count). The topological polar surface area (TPSA) is 85.8 Å². The first kappa shape index (κ1) is 18.7. The maximum Gasteiger partial charge on any atom is 0.291 e. The van der Waals surface area contributed by atoms with Crippen molar-refractivity contribution >= 4 is 29.1 Å². The number of hydrogen-bond donors (Lipinski definition) is 2. The van der Waals surface area contributed by atoms with Gasteiger partial charge in [0.2, 0.25) is 5.82 Å². The van der Waals surface area contributed by atoms with Crippen LogP contribution in [0.25, 0.3) is 5.69 Å². The number of nitrogens with one attached hydrogen (secondary N) is 1. The van der Waals surface area contributed by atoms with E-state index in [0.29, 0.717) is 28.1 Å². The molecule has 1 aromatic heterocycles. The van der Waals surface area contributed by atoms with Crippen LogP contribution in [0, 0.1) is 0 Å². The van der Waals surface area contributed by atoms with E-state index in [1.54, 1.807) is 18.2 Å². The first-order chi connectivity index (χ1) is 11.2. The van der Waals surface area contributed by atoms with Crippen molar-refractivity contribution in [3.8, 4) is 5.69 Å². The van der Waals surface area contributed by atoms with Gasteiger partial charge in [-0.15, -0.1) is 5.10 Å². The number of nitrogens with zero attached hydrogens (tertiary/aromatic N) is 3. The Hall–Kier alpha value is -1.63. The van der Waals surface area contributed by atoms with Gasteiger partial charge >= 0.3 is 0 Å². The van der Waals surface area contributed by atoms with Crippen LogP contribution in [0.4, 0.5) is 0 Å². The van der Waals surface area contributed by atoms with Crippen molar-refractivity contribution in [2.24, 2.45) is 5.73 Å². The highest BCUT2D eigenvalue weighted by Gasteiger charge is 2.25. The van der Waals surface area contributed by atoms with E-state index in [1.807, 2.05) is 27.7 Å². The highest BCUT2D eigenvalue weighted by atomic mass is 35.5. The van der Waals surface area contributed by atoms with Crippen molar-refractivity contribution in [3.05, 3.63) is 39.9 Å². The van der Waals surface area contributed by atoms with Crippen molar-refractivity contribution in [2.45, 2.75) is 39.2 Å². The quantitative estimate of drug-likeness (QED) is 0.847. The van der Waals surface area contributed by atoms with Crippen molar-refractivity contribution in [2.75, 3.05) is 6.54 Å². The number of halogens is 2. The third-order valence-corrected chi connectivity index (χ3v) is 4.07. The summed E-state index contributed by atoms with van der Waals surface area (Å²) >= 11 is 12.5. The normalized spacial score (nSPS) is 11.8. The fraction of sp³-hybridized carbons (Fsp3) is 0.438. The zero-order valence-electron chi connectivity index (χ0n) is 14.1. The Labute approximate surface area is 151 Å². The molecule has 0 bridgehead atoms. The van der Waals surface area contributed by atoms with Gasteiger partial charge in [-0.25, -0.2) is 9.67 Å². The minimum Gasteiger partial charge on any atom is -0.343 e. The number of nitrogens with two attached hydrogens (primary N) is 1. The van der Waals surface area contributed by atoms with Crippen molar-refractivity contribution < 1.29 is 4.79 Å². The molecule has 0 unspecified atom stereocenters. The molecule has 24 heavy (non-hydrogen) atoms. The van der Waals surface area contributed by atoms with Crippen LogP contribution in [-0.2, 0) is 0 Å². The van der Waals surface area contributed by atoms with Gasteiger partial charge in [-0.1, -0.05) is 43.1 Å². The molecule has 0 atom stereocenters. The number of amides is 1. The summed E-state index contributed by atoms with van der Waals surface area (Å²) in [5, 5.41) is 8.01. The molecule has 0 radical (unpaired) electrons. The molecule has 130 valence electrons. The second-order valence-electron chi connectivity index (χ2n) is 6.47. The second-order valence-corrected chi connectivity index (χ2v) is 7.29. The molecule has 1 amide bonds. The zero-order chi connectivity index (χ0) is 18.1. The maximum absolute atomic E-state index is 12.4. The third kappa shape index (κ3) is 3.88. The molecule has 8 heteroatoms. The number of para-hydroxylation sites is 1. The lowest BCUT2D eigenvalue weighted by Crippen LogP contribution is -2.49. The van der Waals surface area contributed by atoms with Gasteiger partial charge in [-0.05, 0) is 26.0 Å². The monoisotopic (exact) mass is 369 g/mol. The average Bonchev–Trinajstić information content (AvgIpc) is 2.92. The van der Waals surface area contributed by atoms with E-state index in [-0.39, 0.29) is 11.7 Å². The Kier molecular flexibility index (Phi) is 5.52. The molecule has 0 aliphatic rings. The number of benzene rings is 1. The van der Waals surface area contributed by atoms with E-state index in [2.05, 4.69) is 15.4 Å². The molecule has 0 fully saturated rings. The van der Waals surface area contributed by atoms with E-state index >= 15 is 0 Å². The summed E-state index contributed by atoms with van der Waals surface area (Å²) in [5.74, 6) is 0.278. The van der Waals surface area contributed by atoms with E-state index < -0.39 is 11.4 Å². The number of aromatic nitrogens is 3. The van der Waals surface area contributed by atoms with Crippen LogP contribution in [0.5, 0.6) is 0 Å². The van der Waals surface area contributed by atoms with E-state index in [9.17, 15) is 4.79 Å². The lowest BCUT2D eigenvalue weighted by atomic mass is 10.1. The summed E-state index contributed by atoms with van der Waals surface area (Å²) in [6, 6.07) is 5.18. The highest BCUT2D eigenvalue weighted by molar-refractivity contribution is 6.37. The first-order valence-electron chi connectivity index (χ1n) is 7.60. The first-order valence-corrected chi connectivity index (χ1v) is 8.36. The zero-order valence-corrected chi connectivity index (χ0v) is 15.6. The molecule has 2 aromatic rings. The summed E-state index contributed by atoms with van der Waals surface area (Å²) in [6.07, 6.45) is 0. The van der Waals surface area contributed by atoms with Crippen LogP contribution in [0.1, 0.15) is 50.1 Å². The van der Waals surface area contributed by atoms with Crippen LogP contribution in [0.3, 0.4) is 0 Å². The van der Waals surface area contributed by atoms with Gasteiger partial charge in [-0.2, -0.15) is 0 Å². The van der Waals surface area contributed by atoms with Gasteiger partial charge in [0.1, 0.15) is 11.5 Å². The van der Waals surface area contributed by atoms with Gasteiger partial charge in [0.25, 0.3) is 5.91 Å². The molecule has 3 N–H and O–H groups in total. The fourth-order valence-corrected chi connectivity index (χ4v) is 2.62. The summed E-state index contributed by atoms with van der Waals surface area (Å²) in [5.41, 5.74) is 5.61. The summed E-state index contributed by atoms with van der Waals surface area (Å²) < 4.78 is 1.53. The molecular formula is C16H21Cl2N5O. The van der Waals surface area contributed by atoms with Gasteiger partial charge in [-0.3, -0.25) is 4.79 Å². The van der Waals surface area contributed by atoms with Crippen LogP contribution >= 0.6 is 23.2 Å². The van der Waals surface area contributed by atoms with Crippen molar-refractivity contribution in [1.82, 2.24) is 20.1 Å². The predicted octanol–water partition coefficient (Wildman–Crippen LogP) is 3.16. The Bertz CT molecular complexity index is 735. The standard InChI is InChI=1S/C16H21Cl2N5O/c1-9(2)14-20-13(15(24)21-16(3,4)8-19)22-23(14)12-10(17)6-5-7-11(12)18/h5-7,9H,8,19H2,1-4H3,(H,21,24). The SMILES string of the molecule is CC(C)c1nc(C(=O)NC(C)(C)CN)nn1-c1c(Cl)cccc1Cl. The molecule has 0 spiro atoms. The fourth-order valence-electron chi connectivity index (χ4n) is 2.06. The van der Waals surface area contributed by atoms with Crippen LogP contribution in [0.15, 0.2) is 18.2 Å². The van der Waals surface area contributed by atoms with Crippen LogP contribution < -0.4 is 11.1 Å². The number of carbonyl (C=O) groups is 1. The molecule has 0 aliphatic heterocycles. The lowest BCUT2D eigenvalue weighted by molar-refractivity contribution is 0.0905. The Balaban J connectivity index is 2.51. The predicted molar refractivity (Wildman–Crippen MR) is 96.1 cm³/mol. The van der Waals surface area contributed by atoms with E-state index in [0.717, 1.165) is 0 Å². The second kappa shape index (κ2) is 7.09. The molecular weight excluding hydrogens is 349 g/mol. The third-order valence-electron chi connectivity index (χ3n) is 3.46. The van der Waals surface area contributed by atoms with Crippen LogP contribution in [-0.4, -0.2) is 32.8 Å². The molecule has 0 saturated carbocycles. The van der Waals surface area contributed by atoms with Gasteiger partial charge in [0.05, 0.1) is 10.0 Å². The van der Waals surface area contributed by atoms with E-state index in [4.69, 9.17) is 28.9 Å². The van der Waals surface area contributed by atoms with Crippen molar-refractivity contribution in [1.29, 1.82) is 0 Å². The van der Waals surface area contributed by atoms with Crippen molar-refractivity contribution in [3.63, 3.8) is 0 Å². The summed E-state index contributed by atoms with van der Waals surface area (Å²) in [7, 11) is 0. The van der Waals surface area contributed by atoms with E-state index in [1.165, 1.54) is 4.68 Å². The summed E-state index contributed by atoms with van der Waals surface area (Å²) in [4.78, 5) is 16.8. The number of carbonyl (C=O) groups excluding carboxylic acids is 1. The number of rotatable bonds is 5. The largest absolute Gasteiger partial charge is 0.343 e. The van der Waals surface area contributed by atoms with Gasteiger partial charge in [0, 0.05) is 18.0 Å². The molecule has 1 aromatic carbocycles. The lowest BCUT2D eigenvalue weighted by Gasteiger charge is -2.23. The molecule has 6 nitrogen and oxygen atoms in total. The smallest absolute Gasteiger partial charge is 0.291 e. The molecule has 0 saturated heterocycles. The average molecular weight is 370 g/mol. The Morgan fingerprint density at radius 3 is 2.42 bits per heavy atom. The number of hydrogen-bond acceptors (Lipinski definition) is 4. The minimum atomic E-state index is -0.553. The summed E-state index contributed by atoms with van der Waals surface area (Å²) in [6.45, 7) is 7.87. The Morgan fingerprint density at radius 2 is 1.92 bits per heavy atom. The van der Waals surface area contributed by atoms with Gasteiger partial charge in [0.15, 0.2) is 0 Å². The Morgan fingerprint density at radius 1 is 1.33 bits per heavy atom. The molecule has 1 heterocycles.